The maximum Gasteiger partial charge on any atom is 0.271 e. The molecule has 0 saturated heterocycles. The lowest BCUT2D eigenvalue weighted by atomic mass is 9.88. The summed E-state index contributed by atoms with van der Waals surface area (Å²) in [6.07, 6.45) is 0. The molecule has 4 aromatic carbocycles. The zero-order valence-electron chi connectivity index (χ0n) is 24.0. The highest BCUT2D eigenvalue weighted by molar-refractivity contribution is 7.17. The number of rotatable bonds is 6. The van der Waals surface area contributed by atoms with E-state index in [-0.39, 0.29) is 0 Å². The van der Waals surface area contributed by atoms with Crippen LogP contribution in [-0.2, 0) is 0 Å². The Labute approximate surface area is 241 Å². The first-order chi connectivity index (χ1) is 19.1. The Morgan fingerprint density at radius 1 is 0.775 bits per heavy atom. The van der Waals surface area contributed by atoms with E-state index in [1.807, 2.05) is 6.07 Å². The van der Waals surface area contributed by atoms with E-state index in [4.69, 9.17) is 4.98 Å². The molecule has 202 valence electrons. The number of halogens is 1. The van der Waals surface area contributed by atoms with E-state index in [1.165, 1.54) is 27.9 Å². The van der Waals surface area contributed by atoms with Gasteiger partial charge in [0.05, 0.1) is 16.7 Å². The van der Waals surface area contributed by atoms with Crippen molar-refractivity contribution in [1.29, 1.82) is 0 Å². The molecular formula is C35H35FN2SSi. The fourth-order valence-electron chi connectivity index (χ4n) is 5.62. The van der Waals surface area contributed by atoms with Gasteiger partial charge in [-0.2, -0.15) is 0 Å². The fourth-order valence-corrected chi connectivity index (χ4v) is 7.51. The van der Waals surface area contributed by atoms with Gasteiger partial charge in [-0.05, 0) is 82.7 Å². The lowest BCUT2D eigenvalue weighted by Crippen LogP contribution is -2.36. The summed E-state index contributed by atoms with van der Waals surface area (Å²) in [4.78, 5) is 5.24. The van der Waals surface area contributed by atoms with Gasteiger partial charge in [0.1, 0.15) is 5.82 Å². The van der Waals surface area contributed by atoms with Crippen molar-refractivity contribution in [1.82, 2.24) is 9.55 Å². The Morgan fingerprint density at radius 2 is 1.43 bits per heavy atom. The van der Waals surface area contributed by atoms with E-state index in [9.17, 15) is 0 Å². The van der Waals surface area contributed by atoms with Crippen molar-refractivity contribution in [3.8, 4) is 28.2 Å². The number of thiophene rings is 1. The van der Waals surface area contributed by atoms with Crippen molar-refractivity contribution in [3.63, 3.8) is 0 Å². The van der Waals surface area contributed by atoms with E-state index in [0.29, 0.717) is 11.8 Å². The molecule has 0 fully saturated rings. The minimum absolute atomic E-state index is 0.300. The van der Waals surface area contributed by atoms with Crippen molar-refractivity contribution in [2.24, 2.45) is 0 Å². The molecule has 0 bridgehead atoms. The third-order valence-electron chi connectivity index (χ3n) is 7.81. The maximum atomic E-state index is 15.2. The van der Waals surface area contributed by atoms with Gasteiger partial charge >= 0.3 is 0 Å². The highest BCUT2D eigenvalue weighted by Crippen LogP contribution is 2.42. The summed E-state index contributed by atoms with van der Waals surface area (Å²) in [5.74, 6) is 1.52. The first kappa shape index (κ1) is 26.7. The van der Waals surface area contributed by atoms with Gasteiger partial charge in [0.25, 0.3) is 8.41 Å². The first-order valence-electron chi connectivity index (χ1n) is 14.1. The van der Waals surface area contributed by atoms with Gasteiger partial charge in [-0.1, -0.05) is 82.3 Å². The van der Waals surface area contributed by atoms with E-state index in [1.54, 1.807) is 24.4 Å². The highest BCUT2D eigenvalue weighted by atomic mass is 32.1. The average molecular weight is 563 g/mol. The Kier molecular flexibility index (Phi) is 6.76. The predicted molar refractivity (Wildman–Crippen MR) is 174 cm³/mol. The third kappa shape index (κ3) is 4.61. The summed E-state index contributed by atoms with van der Waals surface area (Å²) in [7, 11) is -2.97. The number of imidazole rings is 1. The van der Waals surface area contributed by atoms with Gasteiger partial charge in [0.15, 0.2) is 0 Å². The van der Waals surface area contributed by atoms with Crippen LogP contribution in [0.2, 0.25) is 13.1 Å². The molecular weight excluding hydrogens is 528 g/mol. The van der Waals surface area contributed by atoms with Crippen LogP contribution in [0.1, 0.15) is 50.7 Å². The third-order valence-corrected chi connectivity index (χ3v) is 10.5. The second kappa shape index (κ2) is 10.1. The number of nitrogens with zero attached hydrogens (tertiary/aromatic N) is 2. The lowest BCUT2D eigenvalue weighted by Gasteiger charge is -2.24. The van der Waals surface area contributed by atoms with Crippen LogP contribution in [0.3, 0.4) is 0 Å². The number of para-hydroxylation sites is 2. The molecule has 0 aliphatic rings. The molecule has 0 amide bonds. The molecule has 0 aliphatic carbocycles. The molecule has 0 radical (unpaired) electrons. The Morgan fingerprint density at radius 3 is 2.08 bits per heavy atom. The summed E-state index contributed by atoms with van der Waals surface area (Å²) < 4.78 is 18.7. The van der Waals surface area contributed by atoms with E-state index in [0.717, 1.165) is 37.7 Å². The fraction of sp³-hybridized carbons (Fsp3) is 0.229. The summed E-state index contributed by atoms with van der Waals surface area (Å²) in [5.41, 5.74) is 9.39. The number of fused-ring (bicyclic) bond motifs is 2. The normalized spacial score (nSPS) is 12.3. The average Bonchev–Trinajstić information content (AvgIpc) is 3.53. The predicted octanol–water partition coefficient (Wildman–Crippen LogP) is 10.2. The second-order valence-electron chi connectivity index (χ2n) is 11.8. The number of benzene rings is 4. The topological polar surface area (TPSA) is 17.8 Å². The SMILES string of the molecule is CC(C)c1cc(-c2ccccc2)cc(C(C)C)c1-n1c(-c2csc3ccc([Si](C)(C)F)cc23)nc2ccccc21. The van der Waals surface area contributed by atoms with Crippen LogP contribution >= 0.6 is 11.3 Å². The van der Waals surface area contributed by atoms with E-state index >= 15 is 4.11 Å². The minimum Gasteiger partial charge on any atom is -0.308 e. The van der Waals surface area contributed by atoms with Gasteiger partial charge in [-0.3, -0.25) is 4.57 Å². The number of aromatic nitrogens is 2. The number of hydrogen-bond donors (Lipinski definition) is 0. The largest absolute Gasteiger partial charge is 0.308 e. The van der Waals surface area contributed by atoms with Crippen molar-refractivity contribution >= 4 is 46.1 Å². The molecule has 0 spiro atoms. The van der Waals surface area contributed by atoms with Crippen LogP contribution in [0, 0.1) is 0 Å². The molecule has 40 heavy (non-hydrogen) atoms. The lowest BCUT2D eigenvalue weighted by molar-refractivity contribution is 0.812. The van der Waals surface area contributed by atoms with Gasteiger partial charge in [0, 0.05) is 21.0 Å². The molecule has 6 rings (SSSR count). The molecule has 0 unspecified atom stereocenters. The molecule has 2 aromatic heterocycles. The van der Waals surface area contributed by atoms with Crippen molar-refractivity contribution < 1.29 is 4.11 Å². The van der Waals surface area contributed by atoms with Crippen LogP contribution in [0.4, 0.5) is 4.11 Å². The van der Waals surface area contributed by atoms with Gasteiger partial charge in [-0.25, -0.2) is 4.98 Å². The Hall–Kier alpha value is -3.54. The van der Waals surface area contributed by atoms with Crippen LogP contribution in [0.15, 0.2) is 90.3 Å². The first-order valence-corrected chi connectivity index (χ1v) is 17.8. The van der Waals surface area contributed by atoms with Crippen molar-refractivity contribution in [3.05, 3.63) is 101 Å². The minimum atomic E-state index is -2.97. The van der Waals surface area contributed by atoms with Crippen LogP contribution in [0.25, 0.3) is 49.3 Å². The zero-order valence-corrected chi connectivity index (χ0v) is 25.8. The molecule has 6 aromatic rings. The molecule has 2 nitrogen and oxygen atoms in total. The molecule has 2 heterocycles. The molecule has 0 saturated carbocycles. The van der Waals surface area contributed by atoms with Crippen molar-refractivity contribution in [2.45, 2.75) is 52.6 Å². The summed E-state index contributed by atoms with van der Waals surface area (Å²) in [6.45, 7) is 12.6. The zero-order chi connectivity index (χ0) is 28.2. The van der Waals surface area contributed by atoms with Gasteiger partial charge in [-0.15, -0.1) is 11.3 Å². The Bertz CT molecular complexity index is 1810. The maximum absolute atomic E-state index is 15.2. The monoisotopic (exact) mass is 562 g/mol. The van der Waals surface area contributed by atoms with Gasteiger partial charge in [0.2, 0.25) is 0 Å². The van der Waals surface area contributed by atoms with Gasteiger partial charge < -0.3 is 4.11 Å². The van der Waals surface area contributed by atoms with Crippen LogP contribution in [0.5, 0.6) is 0 Å². The van der Waals surface area contributed by atoms with Crippen molar-refractivity contribution in [2.75, 3.05) is 0 Å². The molecule has 0 N–H and O–H groups in total. The quantitative estimate of drug-likeness (QED) is 0.146. The molecule has 0 aliphatic heterocycles. The smallest absolute Gasteiger partial charge is 0.271 e. The standard InChI is InChI=1S/C35H35FN2SSi/c1-22(2)27-18-25(24-12-8-7-9-13-24)19-28(23(3)4)34(27)38-32-15-11-10-14-31(32)37-35(38)30-21-39-33-17-16-26(20-29(30)33)40(5,6)36/h7-23H,1-6H3. The van der Waals surface area contributed by atoms with E-state index in [2.05, 4.69) is 117 Å². The number of hydrogen-bond acceptors (Lipinski definition) is 2. The van der Waals surface area contributed by atoms with Crippen LogP contribution < -0.4 is 5.19 Å². The van der Waals surface area contributed by atoms with Crippen LogP contribution in [-0.4, -0.2) is 18.0 Å². The summed E-state index contributed by atoms with van der Waals surface area (Å²) in [6, 6.07) is 29.9. The second-order valence-corrected chi connectivity index (χ2v) is 16.2. The highest BCUT2D eigenvalue weighted by Gasteiger charge is 2.27. The molecule has 0 atom stereocenters. The van der Waals surface area contributed by atoms with E-state index < -0.39 is 8.41 Å². The Balaban J connectivity index is 1.70. The summed E-state index contributed by atoms with van der Waals surface area (Å²) >= 11 is 1.70. The summed E-state index contributed by atoms with van der Waals surface area (Å²) in [5, 5.41) is 4.09. The molecule has 5 heteroatoms.